The average Bonchev–Trinajstić information content (AvgIpc) is 2.26. The van der Waals surface area contributed by atoms with E-state index < -0.39 is 0 Å². The van der Waals surface area contributed by atoms with Gasteiger partial charge in [0, 0.05) is 19.6 Å². The molecule has 0 aromatic heterocycles. The third-order valence-corrected chi connectivity index (χ3v) is 2.53. The Morgan fingerprint density at radius 3 is 2.19 bits per heavy atom. The summed E-state index contributed by atoms with van der Waals surface area (Å²) in [7, 11) is 0. The van der Waals surface area contributed by atoms with Gasteiger partial charge in [-0.1, -0.05) is 19.8 Å². The molecular formula is C12H24N2O2. The maximum Gasteiger partial charge on any atom is 0.231 e. The van der Waals surface area contributed by atoms with Crippen molar-refractivity contribution in [3.63, 3.8) is 0 Å². The minimum absolute atomic E-state index is 0.0200. The van der Waals surface area contributed by atoms with Gasteiger partial charge >= 0.3 is 0 Å². The van der Waals surface area contributed by atoms with Crippen LogP contribution in [0.25, 0.3) is 0 Å². The first-order valence-corrected chi connectivity index (χ1v) is 6.20. The van der Waals surface area contributed by atoms with E-state index in [-0.39, 0.29) is 18.2 Å². The van der Waals surface area contributed by atoms with Gasteiger partial charge in [-0.05, 0) is 20.3 Å². The smallest absolute Gasteiger partial charge is 0.231 e. The first kappa shape index (κ1) is 14.9. The van der Waals surface area contributed by atoms with E-state index in [0.717, 1.165) is 19.3 Å². The van der Waals surface area contributed by atoms with Gasteiger partial charge in [0.1, 0.15) is 6.42 Å². The average molecular weight is 228 g/mol. The Morgan fingerprint density at radius 2 is 1.69 bits per heavy atom. The zero-order valence-corrected chi connectivity index (χ0v) is 10.7. The molecule has 0 fully saturated rings. The SMILES string of the molecule is CCCCCNC(=O)CC(=O)N(CC)CC. The Bertz CT molecular complexity index is 213. The Balaban J connectivity index is 3.73. The summed E-state index contributed by atoms with van der Waals surface area (Å²) in [4.78, 5) is 24.6. The molecule has 2 amide bonds. The zero-order valence-electron chi connectivity index (χ0n) is 10.7. The fourth-order valence-electron chi connectivity index (χ4n) is 1.49. The van der Waals surface area contributed by atoms with Gasteiger partial charge in [0.25, 0.3) is 0 Å². The second kappa shape index (κ2) is 9.19. The Morgan fingerprint density at radius 1 is 1.06 bits per heavy atom. The number of rotatable bonds is 8. The van der Waals surface area contributed by atoms with Crippen LogP contribution >= 0.6 is 0 Å². The number of hydrogen-bond acceptors (Lipinski definition) is 2. The number of unbranched alkanes of at least 4 members (excludes halogenated alkanes) is 2. The van der Waals surface area contributed by atoms with Crippen LogP contribution in [0.5, 0.6) is 0 Å². The summed E-state index contributed by atoms with van der Waals surface area (Å²) in [5.74, 6) is -0.244. The molecule has 0 saturated heterocycles. The van der Waals surface area contributed by atoms with Crippen LogP contribution in [0.2, 0.25) is 0 Å². The van der Waals surface area contributed by atoms with Gasteiger partial charge in [0.05, 0.1) is 0 Å². The second-order valence-electron chi connectivity index (χ2n) is 3.80. The lowest BCUT2D eigenvalue weighted by molar-refractivity contribution is -0.135. The maximum absolute atomic E-state index is 11.6. The summed E-state index contributed by atoms with van der Waals surface area (Å²) < 4.78 is 0. The number of carbonyl (C=O) groups excluding carboxylic acids is 2. The number of amides is 2. The molecule has 0 aliphatic carbocycles. The van der Waals surface area contributed by atoms with E-state index in [1.165, 1.54) is 0 Å². The van der Waals surface area contributed by atoms with Crippen molar-refractivity contribution in [3.8, 4) is 0 Å². The molecular weight excluding hydrogens is 204 g/mol. The molecule has 0 aliphatic heterocycles. The third-order valence-electron chi connectivity index (χ3n) is 2.53. The first-order chi connectivity index (χ1) is 7.65. The highest BCUT2D eigenvalue weighted by molar-refractivity contribution is 5.96. The zero-order chi connectivity index (χ0) is 12.4. The van der Waals surface area contributed by atoms with Crippen molar-refractivity contribution in [2.24, 2.45) is 0 Å². The molecule has 94 valence electrons. The Labute approximate surface area is 98.4 Å². The van der Waals surface area contributed by atoms with Gasteiger partial charge in [0.15, 0.2) is 0 Å². The number of nitrogens with zero attached hydrogens (tertiary/aromatic N) is 1. The lowest BCUT2D eigenvalue weighted by Crippen LogP contribution is -2.35. The molecule has 0 radical (unpaired) electrons. The van der Waals surface area contributed by atoms with Crippen LogP contribution in [0.1, 0.15) is 46.5 Å². The van der Waals surface area contributed by atoms with Crippen LogP contribution in [0.15, 0.2) is 0 Å². The highest BCUT2D eigenvalue weighted by atomic mass is 16.2. The fraction of sp³-hybridized carbons (Fsp3) is 0.833. The van der Waals surface area contributed by atoms with E-state index >= 15 is 0 Å². The van der Waals surface area contributed by atoms with Crippen molar-refractivity contribution >= 4 is 11.8 Å². The molecule has 0 bridgehead atoms. The summed E-state index contributed by atoms with van der Waals surface area (Å²) in [5, 5.41) is 2.76. The summed E-state index contributed by atoms with van der Waals surface area (Å²) in [6.07, 6.45) is 3.22. The first-order valence-electron chi connectivity index (χ1n) is 6.20. The monoisotopic (exact) mass is 228 g/mol. The van der Waals surface area contributed by atoms with Gasteiger partial charge < -0.3 is 10.2 Å². The summed E-state index contributed by atoms with van der Waals surface area (Å²) in [6.45, 7) is 7.96. The lowest BCUT2D eigenvalue weighted by atomic mass is 10.2. The van der Waals surface area contributed by atoms with E-state index in [1.54, 1.807) is 4.90 Å². The highest BCUT2D eigenvalue weighted by Crippen LogP contribution is 1.95. The largest absolute Gasteiger partial charge is 0.356 e. The molecule has 0 unspecified atom stereocenters. The highest BCUT2D eigenvalue weighted by Gasteiger charge is 2.13. The van der Waals surface area contributed by atoms with E-state index in [0.29, 0.717) is 19.6 Å². The van der Waals surface area contributed by atoms with Gasteiger partial charge in [-0.3, -0.25) is 9.59 Å². The van der Waals surface area contributed by atoms with E-state index in [4.69, 9.17) is 0 Å². The molecule has 0 aliphatic rings. The Kier molecular flexibility index (Phi) is 8.58. The van der Waals surface area contributed by atoms with Crippen molar-refractivity contribution < 1.29 is 9.59 Å². The van der Waals surface area contributed by atoms with Crippen molar-refractivity contribution in [2.75, 3.05) is 19.6 Å². The lowest BCUT2D eigenvalue weighted by Gasteiger charge is -2.18. The molecule has 4 nitrogen and oxygen atoms in total. The molecule has 0 aromatic carbocycles. The van der Waals surface area contributed by atoms with Crippen molar-refractivity contribution in [1.82, 2.24) is 10.2 Å². The fourth-order valence-corrected chi connectivity index (χ4v) is 1.49. The van der Waals surface area contributed by atoms with Crippen LogP contribution in [0.3, 0.4) is 0 Å². The molecule has 0 atom stereocenters. The number of nitrogens with one attached hydrogen (secondary N) is 1. The van der Waals surface area contributed by atoms with Crippen LogP contribution in [0, 0.1) is 0 Å². The third kappa shape index (κ3) is 6.43. The topological polar surface area (TPSA) is 49.4 Å². The molecule has 0 saturated carbocycles. The van der Waals surface area contributed by atoms with Gasteiger partial charge in [0.2, 0.25) is 11.8 Å². The quantitative estimate of drug-likeness (QED) is 0.506. The predicted molar refractivity (Wildman–Crippen MR) is 65.1 cm³/mol. The van der Waals surface area contributed by atoms with E-state index in [2.05, 4.69) is 12.2 Å². The number of carbonyl (C=O) groups is 2. The van der Waals surface area contributed by atoms with E-state index in [9.17, 15) is 9.59 Å². The van der Waals surface area contributed by atoms with Gasteiger partial charge in [-0.15, -0.1) is 0 Å². The minimum Gasteiger partial charge on any atom is -0.356 e. The number of hydrogen-bond donors (Lipinski definition) is 1. The van der Waals surface area contributed by atoms with Gasteiger partial charge in [-0.25, -0.2) is 0 Å². The van der Waals surface area contributed by atoms with Gasteiger partial charge in [-0.2, -0.15) is 0 Å². The molecule has 0 aromatic rings. The Hall–Kier alpha value is -1.06. The second-order valence-corrected chi connectivity index (χ2v) is 3.80. The van der Waals surface area contributed by atoms with Crippen LogP contribution < -0.4 is 5.32 Å². The van der Waals surface area contributed by atoms with E-state index in [1.807, 2.05) is 13.8 Å². The molecule has 0 heterocycles. The summed E-state index contributed by atoms with van der Waals surface area (Å²) in [6, 6.07) is 0. The van der Waals surface area contributed by atoms with Crippen LogP contribution in [-0.4, -0.2) is 36.3 Å². The summed E-state index contributed by atoms with van der Waals surface area (Å²) in [5.41, 5.74) is 0. The minimum atomic E-state index is -0.159. The van der Waals surface area contributed by atoms with Crippen LogP contribution in [-0.2, 0) is 9.59 Å². The van der Waals surface area contributed by atoms with Crippen LogP contribution in [0.4, 0.5) is 0 Å². The van der Waals surface area contributed by atoms with Crippen molar-refractivity contribution in [1.29, 1.82) is 0 Å². The maximum atomic E-state index is 11.6. The normalized spacial score (nSPS) is 9.94. The predicted octanol–water partition coefficient (Wildman–Crippen LogP) is 1.55. The molecule has 0 rings (SSSR count). The molecule has 16 heavy (non-hydrogen) atoms. The molecule has 1 N–H and O–H groups in total. The van der Waals surface area contributed by atoms with Crippen molar-refractivity contribution in [3.05, 3.63) is 0 Å². The van der Waals surface area contributed by atoms with Crippen molar-refractivity contribution in [2.45, 2.75) is 46.5 Å². The molecule has 4 heteroatoms. The summed E-state index contributed by atoms with van der Waals surface area (Å²) >= 11 is 0. The standard InChI is InChI=1S/C12H24N2O2/c1-4-7-8-9-13-11(15)10-12(16)14(5-2)6-3/h4-10H2,1-3H3,(H,13,15). The molecule has 0 spiro atoms.